The lowest BCUT2D eigenvalue weighted by Crippen LogP contribution is -2.70. The van der Waals surface area contributed by atoms with Gasteiger partial charge >= 0.3 is 6.09 Å². The Labute approximate surface area is 375 Å². The first kappa shape index (κ1) is 45.3. The van der Waals surface area contributed by atoms with Crippen molar-refractivity contribution in [3.8, 4) is 17.2 Å². The van der Waals surface area contributed by atoms with Crippen LogP contribution in [0.1, 0.15) is 88.2 Å². The molecule has 0 aromatic heterocycles. The van der Waals surface area contributed by atoms with Gasteiger partial charge in [-0.25, -0.2) is 9.18 Å². The largest absolute Gasteiger partial charge is 0.459 e. The Hall–Kier alpha value is -5.27. The van der Waals surface area contributed by atoms with Crippen LogP contribution >= 0.6 is 0 Å². The van der Waals surface area contributed by atoms with Crippen LogP contribution in [0.15, 0.2) is 114 Å². The van der Waals surface area contributed by atoms with Crippen LogP contribution < -0.4 is 9.47 Å². The highest BCUT2D eigenvalue weighted by atomic mass is 19.1. The maximum absolute atomic E-state index is 14.5. The Morgan fingerprint density at radius 1 is 0.953 bits per heavy atom. The fourth-order valence-electron chi connectivity index (χ4n) is 10.3. The minimum Gasteiger partial charge on any atom is -0.459 e. The molecule has 64 heavy (non-hydrogen) atoms. The molecular formula is C52H61FN2O9. The van der Waals surface area contributed by atoms with Gasteiger partial charge < -0.3 is 38.7 Å². The van der Waals surface area contributed by atoms with Gasteiger partial charge in [-0.05, 0) is 122 Å². The molecule has 2 N–H and O–H groups in total. The SMILES string of the molecule is C=CCOC12Oc3ccc(Oc4ccc5ccccc5c4)cc3C3C(CCCCO)C(CCCCO)C=C(C(=NOC4CCCCO4)CC1N(Cc1ccc(F)cc1)C(=O)OCC)C32. The Bertz CT molecular complexity index is 2280. The van der Waals surface area contributed by atoms with E-state index in [1.165, 1.54) is 12.1 Å². The summed E-state index contributed by atoms with van der Waals surface area (Å²) in [4.78, 5) is 22.4. The van der Waals surface area contributed by atoms with Crippen LogP contribution in [-0.2, 0) is 25.6 Å². The second kappa shape index (κ2) is 21.1. The van der Waals surface area contributed by atoms with Crippen LogP contribution in [0.2, 0.25) is 0 Å². The first-order chi connectivity index (χ1) is 31.3. The molecule has 4 aromatic rings. The topological polar surface area (TPSA) is 129 Å². The normalized spacial score (nSPS) is 25.4. The van der Waals surface area contributed by atoms with Crippen LogP contribution in [-0.4, -0.2) is 78.1 Å². The van der Waals surface area contributed by atoms with Crippen molar-refractivity contribution in [2.75, 3.05) is 33.0 Å². The number of carbonyl (C=O) groups excluding carboxylic acids is 1. The Morgan fingerprint density at radius 2 is 1.72 bits per heavy atom. The second-order valence-corrected chi connectivity index (χ2v) is 17.2. The third kappa shape index (κ3) is 9.85. The zero-order chi connectivity index (χ0) is 44.5. The molecule has 2 fully saturated rings. The fraction of sp³-hybridized carbons (Fsp3) is 0.462. The number of unbranched alkanes of at least 4 members (excludes halogenated alkanes) is 2. The first-order valence-corrected chi connectivity index (χ1v) is 23.1. The molecule has 7 unspecified atom stereocenters. The number of ether oxygens (including phenoxy) is 5. The monoisotopic (exact) mass is 876 g/mol. The van der Waals surface area contributed by atoms with Crippen molar-refractivity contribution in [3.05, 3.63) is 126 Å². The quantitative estimate of drug-likeness (QED) is 0.0537. The minimum atomic E-state index is -1.50. The van der Waals surface area contributed by atoms with E-state index in [1.54, 1.807) is 30.0 Å². The molecule has 340 valence electrons. The molecule has 2 aliphatic carbocycles. The molecule has 4 aromatic carbocycles. The van der Waals surface area contributed by atoms with Crippen LogP contribution in [0.25, 0.3) is 10.8 Å². The van der Waals surface area contributed by atoms with Crippen LogP contribution in [0.5, 0.6) is 17.2 Å². The lowest BCUT2D eigenvalue weighted by molar-refractivity contribution is -0.256. The van der Waals surface area contributed by atoms with Crippen molar-refractivity contribution in [3.63, 3.8) is 0 Å². The smallest absolute Gasteiger partial charge is 0.410 e. The molecule has 2 heterocycles. The molecule has 4 aliphatic rings. The van der Waals surface area contributed by atoms with E-state index < -0.39 is 30.1 Å². The van der Waals surface area contributed by atoms with Crippen molar-refractivity contribution in [2.45, 2.75) is 102 Å². The molecule has 1 amide bonds. The highest BCUT2D eigenvalue weighted by molar-refractivity contribution is 6.03. The molecule has 8 rings (SSSR count). The lowest BCUT2D eigenvalue weighted by Gasteiger charge is -2.59. The number of benzene rings is 4. The zero-order valence-electron chi connectivity index (χ0n) is 36.7. The van der Waals surface area contributed by atoms with Crippen LogP contribution in [0, 0.1) is 23.6 Å². The molecular weight excluding hydrogens is 816 g/mol. The predicted octanol–water partition coefficient (Wildman–Crippen LogP) is 10.6. The molecule has 0 spiro atoms. The van der Waals surface area contributed by atoms with Gasteiger partial charge in [0.25, 0.3) is 0 Å². The third-order valence-corrected chi connectivity index (χ3v) is 13.2. The number of rotatable bonds is 19. The van der Waals surface area contributed by atoms with Gasteiger partial charge in [0.05, 0.1) is 31.5 Å². The van der Waals surface area contributed by atoms with E-state index in [2.05, 4.69) is 36.9 Å². The van der Waals surface area contributed by atoms with E-state index in [0.717, 1.165) is 60.4 Å². The first-order valence-electron chi connectivity index (χ1n) is 23.1. The molecule has 2 aliphatic heterocycles. The van der Waals surface area contributed by atoms with Gasteiger partial charge in [0.1, 0.15) is 29.1 Å². The van der Waals surface area contributed by atoms with Gasteiger partial charge in [0, 0.05) is 44.1 Å². The second-order valence-electron chi connectivity index (χ2n) is 17.2. The van der Waals surface area contributed by atoms with E-state index in [0.29, 0.717) is 54.4 Å². The Balaban J connectivity index is 1.33. The number of allylic oxidation sites excluding steroid dienone is 1. The highest BCUT2D eigenvalue weighted by Gasteiger charge is 2.65. The maximum Gasteiger partial charge on any atom is 0.410 e. The molecule has 12 heteroatoms. The number of carbonyl (C=O) groups is 1. The highest BCUT2D eigenvalue weighted by Crippen LogP contribution is 2.62. The van der Waals surface area contributed by atoms with Gasteiger partial charge in [0.15, 0.2) is 0 Å². The summed E-state index contributed by atoms with van der Waals surface area (Å²) in [5.74, 6) is -0.695. The molecule has 1 saturated heterocycles. The summed E-state index contributed by atoms with van der Waals surface area (Å²) in [7, 11) is 0. The lowest BCUT2D eigenvalue weighted by atomic mass is 9.55. The summed E-state index contributed by atoms with van der Waals surface area (Å²) in [6, 6.07) is 25.4. The summed E-state index contributed by atoms with van der Waals surface area (Å²) in [6.45, 7) is 6.84. The van der Waals surface area contributed by atoms with Crippen molar-refractivity contribution in [1.29, 1.82) is 0 Å². The number of halogens is 1. The van der Waals surface area contributed by atoms with Crippen LogP contribution in [0.4, 0.5) is 9.18 Å². The summed E-state index contributed by atoms with van der Waals surface area (Å²) >= 11 is 0. The predicted molar refractivity (Wildman–Crippen MR) is 243 cm³/mol. The number of aliphatic hydroxyl groups is 2. The summed E-state index contributed by atoms with van der Waals surface area (Å²) in [6.07, 6.45) is 10.2. The van der Waals surface area contributed by atoms with Gasteiger partial charge in [-0.15, -0.1) is 6.58 Å². The molecule has 0 bridgehead atoms. The van der Waals surface area contributed by atoms with Gasteiger partial charge in [-0.1, -0.05) is 72.6 Å². The number of aliphatic hydroxyl groups excluding tert-OH is 2. The van der Waals surface area contributed by atoms with E-state index in [1.807, 2.05) is 36.4 Å². The fourth-order valence-corrected chi connectivity index (χ4v) is 10.3. The summed E-state index contributed by atoms with van der Waals surface area (Å²) in [5, 5.41) is 27.1. The number of fused-ring (bicyclic) bond motifs is 3. The maximum atomic E-state index is 14.5. The molecule has 0 radical (unpaired) electrons. The average molecular weight is 877 g/mol. The van der Waals surface area contributed by atoms with Crippen molar-refractivity contribution in [1.82, 2.24) is 4.90 Å². The Morgan fingerprint density at radius 3 is 2.47 bits per heavy atom. The van der Waals surface area contributed by atoms with E-state index in [9.17, 15) is 19.4 Å². The number of hydrogen-bond donors (Lipinski definition) is 2. The zero-order valence-corrected chi connectivity index (χ0v) is 36.7. The van der Waals surface area contributed by atoms with Crippen molar-refractivity contribution >= 4 is 22.6 Å². The average Bonchev–Trinajstić information content (AvgIpc) is 3.31. The van der Waals surface area contributed by atoms with Crippen LogP contribution in [0.3, 0.4) is 0 Å². The van der Waals surface area contributed by atoms with Crippen molar-refractivity contribution in [2.24, 2.45) is 22.9 Å². The standard InChI is InChI=1S/C52H61FN2O9/c1-3-28-61-52-47(55(51(58)59-4-2)34-35-18-21-39(53)22-19-35)33-45(54-64-48-17-9-12-29-60-48)43-31-38(15-7-10-26-56)42(16-8-11-27-57)49(50(43)52)44-32-41(24-25-46(44)63-52)62-40-23-20-36-13-5-6-14-37(36)30-40/h3,5-6,13-14,18-25,30-32,38,42,47-50,56-57H,1,4,7-12,15-17,26-29,33-34H2,2H3. The Kier molecular flexibility index (Phi) is 15.0. The number of oxime groups is 1. The number of nitrogens with zero attached hydrogens (tertiary/aromatic N) is 2. The van der Waals surface area contributed by atoms with Gasteiger partial charge in [-0.3, -0.25) is 4.90 Å². The molecule has 1 saturated carbocycles. The van der Waals surface area contributed by atoms with E-state index in [-0.39, 0.29) is 63.0 Å². The molecule has 7 atom stereocenters. The van der Waals surface area contributed by atoms with Gasteiger partial charge in [0.2, 0.25) is 12.1 Å². The van der Waals surface area contributed by atoms with E-state index >= 15 is 0 Å². The summed E-state index contributed by atoms with van der Waals surface area (Å²) < 4.78 is 47.2. The number of hydrogen-bond acceptors (Lipinski definition) is 10. The summed E-state index contributed by atoms with van der Waals surface area (Å²) in [5.41, 5.74) is 3.19. The third-order valence-electron chi connectivity index (χ3n) is 13.2. The van der Waals surface area contributed by atoms with E-state index in [4.69, 9.17) is 33.7 Å². The molecule has 11 nitrogen and oxygen atoms in total. The van der Waals surface area contributed by atoms with Gasteiger partial charge in [-0.2, -0.15) is 0 Å². The van der Waals surface area contributed by atoms with Crippen molar-refractivity contribution < 1.29 is 47.9 Å². The minimum absolute atomic E-state index is 0.0139. The number of amides is 1.